The van der Waals surface area contributed by atoms with Gasteiger partial charge in [-0.2, -0.15) is 0 Å². The normalized spacial score (nSPS) is 21.8. The molecule has 2 aliphatic rings. The number of aldehydes is 1. The van der Waals surface area contributed by atoms with Crippen molar-refractivity contribution in [2.24, 2.45) is 5.92 Å². The molecule has 0 radical (unpaired) electrons. The van der Waals surface area contributed by atoms with E-state index >= 15 is 0 Å². The van der Waals surface area contributed by atoms with Crippen LogP contribution in [0.4, 0.5) is 4.39 Å². The SMILES string of the molecule is CCOc1ccc(-c2cc(C=O)c3ccc(F)cc3n2)cn1.CNC1CC(CN2CC[C@H](O)C2)C1. The third kappa shape index (κ3) is 6.39. The van der Waals surface area contributed by atoms with Crippen molar-refractivity contribution in [2.45, 2.75) is 38.3 Å². The Hall–Kier alpha value is -2.94. The number of carbonyl (C=O) groups is 1. The van der Waals surface area contributed by atoms with Crippen LogP contribution >= 0.6 is 0 Å². The van der Waals surface area contributed by atoms with Crippen LogP contribution in [0.15, 0.2) is 42.6 Å². The quantitative estimate of drug-likeness (QED) is 0.499. The minimum atomic E-state index is -0.390. The van der Waals surface area contributed by atoms with Crippen LogP contribution in [0.5, 0.6) is 5.88 Å². The lowest BCUT2D eigenvalue weighted by Crippen LogP contribution is -2.44. The largest absolute Gasteiger partial charge is 0.478 e. The van der Waals surface area contributed by atoms with E-state index in [0.29, 0.717) is 34.6 Å². The van der Waals surface area contributed by atoms with E-state index in [1.54, 1.807) is 30.5 Å². The van der Waals surface area contributed by atoms with Crippen molar-refractivity contribution in [2.75, 3.05) is 33.3 Å². The first-order valence-electron chi connectivity index (χ1n) is 12.2. The van der Waals surface area contributed by atoms with Crippen LogP contribution in [-0.4, -0.2) is 71.7 Å². The van der Waals surface area contributed by atoms with Gasteiger partial charge in [0.2, 0.25) is 5.88 Å². The topological polar surface area (TPSA) is 87.6 Å². The number of rotatable bonds is 7. The Labute approximate surface area is 205 Å². The Bertz CT molecular complexity index is 1140. The number of nitrogens with one attached hydrogen (secondary N) is 1. The van der Waals surface area contributed by atoms with Crippen LogP contribution in [0.2, 0.25) is 0 Å². The monoisotopic (exact) mass is 480 g/mol. The number of likely N-dealkylation sites (tertiary alicyclic amines) is 1. The molecule has 2 aromatic heterocycles. The summed E-state index contributed by atoms with van der Waals surface area (Å²) in [5.74, 6) is 1.01. The first-order valence-corrected chi connectivity index (χ1v) is 12.2. The molecule has 2 fully saturated rings. The van der Waals surface area contributed by atoms with E-state index in [9.17, 15) is 14.3 Å². The highest BCUT2D eigenvalue weighted by molar-refractivity contribution is 5.98. The fraction of sp³-hybridized carbons (Fsp3) is 0.444. The minimum absolute atomic E-state index is 0.0554. The van der Waals surface area contributed by atoms with Crippen molar-refractivity contribution < 1.29 is 19.0 Å². The summed E-state index contributed by atoms with van der Waals surface area (Å²) in [6.45, 7) is 5.62. The lowest BCUT2D eigenvalue weighted by molar-refractivity contribution is 0.112. The summed E-state index contributed by atoms with van der Waals surface area (Å²) in [4.78, 5) is 22.3. The molecule has 2 N–H and O–H groups in total. The number of nitrogens with zero attached hydrogens (tertiary/aromatic N) is 3. The smallest absolute Gasteiger partial charge is 0.213 e. The van der Waals surface area contributed by atoms with Gasteiger partial charge in [-0.05, 0) is 63.4 Å². The van der Waals surface area contributed by atoms with E-state index in [1.165, 1.54) is 31.5 Å². The molecular weight excluding hydrogens is 447 g/mol. The van der Waals surface area contributed by atoms with E-state index in [-0.39, 0.29) is 11.9 Å². The molecule has 1 saturated carbocycles. The van der Waals surface area contributed by atoms with E-state index in [0.717, 1.165) is 43.3 Å². The molecule has 1 aliphatic carbocycles. The molecule has 1 atom stereocenters. The third-order valence-electron chi connectivity index (χ3n) is 6.66. The van der Waals surface area contributed by atoms with E-state index in [1.807, 2.05) is 14.0 Å². The summed E-state index contributed by atoms with van der Waals surface area (Å²) >= 11 is 0. The highest BCUT2D eigenvalue weighted by Gasteiger charge is 2.31. The first-order chi connectivity index (χ1) is 17.0. The number of aromatic nitrogens is 2. The number of aliphatic hydroxyl groups excluding tert-OH is 1. The molecule has 3 heterocycles. The van der Waals surface area contributed by atoms with E-state index in [4.69, 9.17) is 4.74 Å². The summed E-state index contributed by atoms with van der Waals surface area (Å²) in [6, 6.07) is 10.2. The van der Waals surface area contributed by atoms with Gasteiger partial charge in [0.05, 0.1) is 23.9 Å². The zero-order valence-corrected chi connectivity index (χ0v) is 20.3. The summed E-state index contributed by atoms with van der Waals surface area (Å²) in [6.07, 6.45) is 5.93. The first kappa shape index (κ1) is 25.2. The summed E-state index contributed by atoms with van der Waals surface area (Å²) in [5.41, 5.74) is 2.20. The van der Waals surface area contributed by atoms with Crippen LogP contribution in [0.1, 0.15) is 36.5 Å². The van der Waals surface area contributed by atoms with Crippen LogP contribution in [0.3, 0.4) is 0 Å². The maximum atomic E-state index is 13.4. The number of carbonyl (C=O) groups excluding carboxylic acids is 1. The fourth-order valence-corrected chi connectivity index (χ4v) is 4.70. The van der Waals surface area contributed by atoms with Gasteiger partial charge in [0, 0.05) is 60.5 Å². The minimum Gasteiger partial charge on any atom is -0.478 e. The van der Waals surface area contributed by atoms with Crippen LogP contribution < -0.4 is 10.1 Å². The average molecular weight is 481 g/mol. The lowest BCUT2D eigenvalue weighted by Gasteiger charge is -2.37. The van der Waals surface area contributed by atoms with Crippen molar-refractivity contribution in [3.05, 3.63) is 54.0 Å². The molecule has 5 rings (SSSR count). The molecule has 0 unspecified atom stereocenters. The number of fused-ring (bicyclic) bond motifs is 1. The number of aliphatic hydroxyl groups is 1. The standard InChI is InChI=1S/C17H13FN2O2.C10H20N2O/c1-2-22-17-6-3-11(9-19-17)15-7-12(10-21)14-5-4-13(18)8-16(14)20-15;1-11-9-4-8(5-9)6-12-3-2-10(13)7-12/h3-10H,2H2,1H3;8-11,13H,2-7H2,1H3/t;8?,9?,10-/m.0/s1. The zero-order chi connectivity index (χ0) is 24.8. The number of β-amino-alcohol motifs (C(OH)–C–C–N with tert-alkyl or cyclic N) is 1. The molecule has 7 nitrogen and oxygen atoms in total. The highest BCUT2D eigenvalue weighted by atomic mass is 19.1. The molecule has 35 heavy (non-hydrogen) atoms. The van der Waals surface area contributed by atoms with Gasteiger partial charge >= 0.3 is 0 Å². The van der Waals surface area contributed by atoms with E-state index < -0.39 is 0 Å². The number of hydrogen-bond donors (Lipinski definition) is 2. The summed E-state index contributed by atoms with van der Waals surface area (Å²) < 4.78 is 18.7. The van der Waals surface area contributed by atoms with Gasteiger partial charge in [0.1, 0.15) is 5.82 Å². The molecule has 1 aliphatic heterocycles. The van der Waals surface area contributed by atoms with Gasteiger partial charge in [0.15, 0.2) is 6.29 Å². The second-order valence-electron chi connectivity index (χ2n) is 9.22. The third-order valence-corrected chi connectivity index (χ3v) is 6.66. The molecule has 0 spiro atoms. The maximum Gasteiger partial charge on any atom is 0.213 e. The number of halogens is 1. The predicted molar refractivity (Wildman–Crippen MR) is 134 cm³/mol. The molecule has 1 aromatic carbocycles. The van der Waals surface area contributed by atoms with Gasteiger partial charge in [0.25, 0.3) is 0 Å². The van der Waals surface area contributed by atoms with E-state index in [2.05, 4.69) is 20.2 Å². The fourth-order valence-electron chi connectivity index (χ4n) is 4.70. The number of benzene rings is 1. The molecular formula is C27H33FN4O3. The zero-order valence-electron chi connectivity index (χ0n) is 20.3. The molecule has 186 valence electrons. The van der Waals surface area contributed by atoms with Crippen molar-refractivity contribution in [1.82, 2.24) is 20.2 Å². The van der Waals surface area contributed by atoms with Crippen LogP contribution in [0, 0.1) is 11.7 Å². The number of ether oxygens (including phenoxy) is 1. The van der Waals surface area contributed by atoms with Gasteiger partial charge in [-0.1, -0.05) is 0 Å². The van der Waals surface area contributed by atoms with Gasteiger partial charge in [-0.15, -0.1) is 0 Å². The molecule has 0 bridgehead atoms. The van der Waals surface area contributed by atoms with Crippen molar-refractivity contribution in [3.63, 3.8) is 0 Å². The Morgan fingerprint density at radius 1 is 1.26 bits per heavy atom. The molecule has 8 heteroatoms. The lowest BCUT2D eigenvalue weighted by atomic mass is 9.80. The highest BCUT2D eigenvalue weighted by Crippen LogP contribution is 2.29. The predicted octanol–water partition coefficient (Wildman–Crippen LogP) is 3.70. The summed E-state index contributed by atoms with van der Waals surface area (Å²) in [5, 5.41) is 13.3. The van der Waals surface area contributed by atoms with Crippen molar-refractivity contribution in [1.29, 1.82) is 0 Å². The average Bonchev–Trinajstić information content (AvgIpc) is 3.26. The Morgan fingerprint density at radius 2 is 2.09 bits per heavy atom. The Kier molecular flexibility index (Phi) is 8.38. The molecule has 0 amide bonds. The van der Waals surface area contributed by atoms with Crippen LogP contribution in [0.25, 0.3) is 22.2 Å². The molecule has 3 aromatic rings. The van der Waals surface area contributed by atoms with Gasteiger partial charge in [-0.25, -0.2) is 14.4 Å². The number of hydrogen-bond acceptors (Lipinski definition) is 7. The number of pyridine rings is 2. The maximum absolute atomic E-state index is 13.4. The second kappa shape index (κ2) is 11.7. The van der Waals surface area contributed by atoms with Crippen LogP contribution in [-0.2, 0) is 0 Å². The van der Waals surface area contributed by atoms with Crippen molar-refractivity contribution >= 4 is 17.2 Å². The molecule has 1 saturated heterocycles. The Morgan fingerprint density at radius 3 is 2.71 bits per heavy atom. The van der Waals surface area contributed by atoms with Crippen molar-refractivity contribution in [3.8, 4) is 17.1 Å². The van der Waals surface area contributed by atoms with Gasteiger partial charge in [-0.3, -0.25) is 4.79 Å². The Balaban J connectivity index is 0.000000189. The summed E-state index contributed by atoms with van der Waals surface area (Å²) in [7, 11) is 2.04. The van der Waals surface area contributed by atoms with Gasteiger partial charge < -0.3 is 20.1 Å². The second-order valence-corrected chi connectivity index (χ2v) is 9.22.